The average Bonchev–Trinajstić information content (AvgIpc) is 3.47. The molecule has 7 heteroatoms. The van der Waals surface area contributed by atoms with Crippen molar-refractivity contribution in [3.8, 4) is 11.1 Å². The first kappa shape index (κ1) is 20.9. The van der Waals surface area contributed by atoms with Gasteiger partial charge in [0.05, 0.1) is 11.8 Å². The maximum atomic E-state index is 12.5. The molecular formula is C24H26N2O5. The van der Waals surface area contributed by atoms with Gasteiger partial charge in [-0.05, 0) is 42.0 Å². The zero-order valence-electron chi connectivity index (χ0n) is 17.4. The minimum Gasteiger partial charge on any atom is -0.481 e. The Morgan fingerprint density at radius 2 is 1.65 bits per heavy atom. The summed E-state index contributed by atoms with van der Waals surface area (Å²) < 4.78 is 5.52. The van der Waals surface area contributed by atoms with Crippen LogP contribution in [0.3, 0.4) is 0 Å². The Kier molecular flexibility index (Phi) is 5.67. The summed E-state index contributed by atoms with van der Waals surface area (Å²) in [6, 6.07) is 15.8. The molecule has 31 heavy (non-hydrogen) atoms. The van der Waals surface area contributed by atoms with Crippen molar-refractivity contribution in [2.45, 2.75) is 38.1 Å². The number of carbonyl (C=O) groups is 3. The molecule has 162 valence electrons. The highest BCUT2D eigenvalue weighted by Crippen LogP contribution is 2.46. The van der Waals surface area contributed by atoms with Gasteiger partial charge in [-0.1, -0.05) is 48.5 Å². The molecule has 7 nitrogen and oxygen atoms in total. The fourth-order valence-corrected chi connectivity index (χ4v) is 4.22. The molecule has 0 bridgehead atoms. The smallest absolute Gasteiger partial charge is 0.407 e. The van der Waals surface area contributed by atoms with E-state index in [9.17, 15) is 14.4 Å². The number of aliphatic carboxylic acids is 1. The van der Waals surface area contributed by atoms with Gasteiger partial charge in [0.1, 0.15) is 6.61 Å². The molecule has 0 heterocycles. The highest BCUT2D eigenvalue weighted by molar-refractivity contribution is 5.87. The number of fused-ring (bicyclic) bond motifs is 3. The number of nitrogens with one attached hydrogen (secondary N) is 2. The maximum absolute atomic E-state index is 12.5. The van der Waals surface area contributed by atoms with Gasteiger partial charge in [0.15, 0.2) is 0 Å². The normalized spacial score (nSPS) is 16.5. The molecule has 1 fully saturated rings. The first-order valence-electron chi connectivity index (χ1n) is 10.5. The van der Waals surface area contributed by atoms with E-state index in [4.69, 9.17) is 9.84 Å². The Labute approximate surface area is 180 Å². The molecular weight excluding hydrogens is 396 g/mol. The van der Waals surface area contributed by atoms with Crippen LogP contribution in [0.25, 0.3) is 11.1 Å². The molecule has 1 atom stereocenters. The van der Waals surface area contributed by atoms with Crippen LogP contribution in [0.1, 0.15) is 43.2 Å². The van der Waals surface area contributed by atoms with Gasteiger partial charge in [-0.15, -0.1) is 0 Å². The van der Waals surface area contributed by atoms with Crippen LogP contribution in [0.4, 0.5) is 4.79 Å². The van der Waals surface area contributed by atoms with Crippen molar-refractivity contribution in [2.75, 3.05) is 13.2 Å². The van der Waals surface area contributed by atoms with Crippen molar-refractivity contribution in [1.82, 2.24) is 10.6 Å². The standard InChI is InChI=1S/C24H26N2O5/c1-15(12-21(27)28)26-22(29)24(10-11-24)14-25-23(30)31-13-20-18-8-4-2-6-16(18)17-7-3-5-9-19(17)20/h2-9,15,20H,10-14H2,1H3,(H,25,30)(H,26,29)(H,27,28). The molecule has 0 radical (unpaired) electrons. The number of alkyl carbamates (subject to hydrolysis) is 1. The minimum absolute atomic E-state index is 0.0202. The van der Waals surface area contributed by atoms with E-state index in [-0.39, 0.29) is 31.4 Å². The molecule has 0 aromatic heterocycles. The molecule has 3 N–H and O–H groups in total. The number of ether oxygens (including phenoxy) is 1. The van der Waals surface area contributed by atoms with Gasteiger partial charge in [0, 0.05) is 18.5 Å². The number of carbonyl (C=O) groups excluding carboxylic acids is 2. The first-order chi connectivity index (χ1) is 14.9. The van der Waals surface area contributed by atoms with E-state index >= 15 is 0 Å². The second-order valence-electron chi connectivity index (χ2n) is 8.43. The average molecular weight is 422 g/mol. The van der Waals surface area contributed by atoms with Gasteiger partial charge in [-0.25, -0.2) is 4.79 Å². The van der Waals surface area contributed by atoms with E-state index in [0.29, 0.717) is 12.8 Å². The second-order valence-corrected chi connectivity index (χ2v) is 8.43. The van der Waals surface area contributed by atoms with E-state index in [2.05, 4.69) is 34.9 Å². The predicted octanol–water partition coefficient (Wildman–Crippen LogP) is 3.28. The third-order valence-electron chi connectivity index (χ3n) is 6.11. The fourth-order valence-electron chi connectivity index (χ4n) is 4.22. The molecule has 2 amide bonds. The summed E-state index contributed by atoms with van der Waals surface area (Å²) in [7, 11) is 0. The summed E-state index contributed by atoms with van der Waals surface area (Å²) in [5, 5.41) is 14.3. The van der Waals surface area contributed by atoms with E-state index in [1.807, 2.05) is 24.3 Å². The van der Waals surface area contributed by atoms with Crippen molar-refractivity contribution >= 4 is 18.0 Å². The summed E-state index contributed by atoms with van der Waals surface area (Å²) in [5.74, 6) is -1.21. The third-order valence-corrected chi connectivity index (χ3v) is 6.11. The number of hydrogen-bond donors (Lipinski definition) is 3. The van der Waals surface area contributed by atoms with Crippen LogP contribution in [0.15, 0.2) is 48.5 Å². The topological polar surface area (TPSA) is 105 Å². The van der Waals surface area contributed by atoms with Crippen molar-refractivity contribution in [3.05, 3.63) is 59.7 Å². The summed E-state index contributed by atoms with van der Waals surface area (Å²) in [6.07, 6.45) is 0.617. The lowest BCUT2D eigenvalue weighted by atomic mass is 9.98. The van der Waals surface area contributed by atoms with Crippen LogP contribution < -0.4 is 10.6 Å². The third kappa shape index (κ3) is 4.40. The Morgan fingerprint density at radius 1 is 1.06 bits per heavy atom. The Balaban J connectivity index is 1.31. The van der Waals surface area contributed by atoms with Crippen molar-refractivity contribution in [3.63, 3.8) is 0 Å². The monoisotopic (exact) mass is 422 g/mol. The minimum atomic E-state index is -0.964. The number of benzene rings is 2. The second kappa shape index (κ2) is 8.41. The fraction of sp³-hybridized carbons (Fsp3) is 0.375. The van der Waals surface area contributed by atoms with Gasteiger partial charge in [0.2, 0.25) is 5.91 Å². The molecule has 2 aliphatic carbocycles. The Bertz CT molecular complexity index is 969. The number of carboxylic acids is 1. The maximum Gasteiger partial charge on any atom is 0.407 e. The number of amides is 2. The molecule has 2 aromatic carbocycles. The lowest BCUT2D eigenvalue weighted by molar-refractivity contribution is -0.137. The molecule has 0 aliphatic heterocycles. The van der Waals surface area contributed by atoms with E-state index in [1.54, 1.807) is 6.92 Å². The van der Waals surface area contributed by atoms with Crippen LogP contribution in [-0.2, 0) is 14.3 Å². The van der Waals surface area contributed by atoms with Crippen molar-refractivity contribution < 1.29 is 24.2 Å². The summed E-state index contributed by atoms with van der Waals surface area (Å²) in [5.41, 5.74) is 3.94. The molecule has 2 aliphatic rings. The van der Waals surface area contributed by atoms with Crippen LogP contribution >= 0.6 is 0 Å². The van der Waals surface area contributed by atoms with Crippen LogP contribution in [0.5, 0.6) is 0 Å². The molecule has 0 saturated heterocycles. The SMILES string of the molecule is CC(CC(=O)O)NC(=O)C1(CNC(=O)OCC2c3ccccc3-c3ccccc32)CC1. The van der Waals surface area contributed by atoms with E-state index < -0.39 is 23.5 Å². The summed E-state index contributed by atoms with van der Waals surface area (Å²) >= 11 is 0. The van der Waals surface area contributed by atoms with Gasteiger partial charge in [-0.2, -0.15) is 0 Å². The molecule has 1 unspecified atom stereocenters. The van der Waals surface area contributed by atoms with Gasteiger partial charge >= 0.3 is 12.1 Å². The largest absolute Gasteiger partial charge is 0.481 e. The van der Waals surface area contributed by atoms with Gasteiger partial charge in [-0.3, -0.25) is 9.59 Å². The predicted molar refractivity (Wildman–Crippen MR) is 115 cm³/mol. The van der Waals surface area contributed by atoms with Crippen LogP contribution in [0.2, 0.25) is 0 Å². The number of hydrogen-bond acceptors (Lipinski definition) is 4. The summed E-state index contributed by atoms with van der Waals surface area (Å²) in [4.78, 5) is 35.6. The molecule has 2 aromatic rings. The highest BCUT2D eigenvalue weighted by atomic mass is 16.5. The summed E-state index contributed by atoms with van der Waals surface area (Å²) in [6.45, 7) is 2.05. The highest BCUT2D eigenvalue weighted by Gasteiger charge is 2.50. The van der Waals surface area contributed by atoms with E-state index in [0.717, 1.165) is 22.3 Å². The lowest BCUT2D eigenvalue weighted by Crippen LogP contribution is -2.44. The van der Waals surface area contributed by atoms with Crippen LogP contribution in [-0.4, -0.2) is 42.3 Å². The van der Waals surface area contributed by atoms with Gasteiger partial charge < -0.3 is 20.5 Å². The number of rotatable bonds is 8. The Hall–Kier alpha value is -3.35. The van der Waals surface area contributed by atoms with Crippen molar-refractivity contribution in [2.24, 2.45) is 5.41 Å². The molecule has 1 saturated carbocycles. The first-order valence-corrected chi connectivity index (χ1v) is 10.5. The quantitative estimate of drug-likeness (QED) is 0.606. The molecule has 4 rings (SSSR count). The lowest BCUT2D eigenvalue weighted by Gasteiger charge is -2.19. The van der Waals surface area contributed by atoms with Gasteiger partial charge in [0.25, 0.3) is 0 Å². The number of carboxylic acid groups (broad SMARTS) is 1. The van der Waals surface area contributed by atoms with Crippen LogP contribution in [0, 0.1) is 5.41 Å². The van der Waals surface area contributed by atoms with E-state index in [1.165, 1.54) is 0 Å². The zero-order chi connectivity index (χ0) is 22.0. The zero-order valence-corrected chi connectivity index (χ0v) is 17.4. The van der Waals surface area contributed by atoms with Crippen molar-refractivity contribution in [1.29, 1.82) is 0 Å². The molecule has 0 spiro atoms. The Morgan fingerprint density at radius 3 is 2.19 bits per heavy atom.